The van der Waals surface area contributed by atoms with Gasteiger partial charge in [-0.2, -0.15) is 0 Å². The Bertz CT molecular complexity index is 480. The minimum absolute atomic E-state index is 0.0420. The number of halogens is 1. The van der Waals surface area contributed by atoms with Crippen molar-refractivity contribution in [1.82, 2.24) is 0 Å². The summed E-state index contributed by atoms with van der Waals surface area (Å²) >= 11 is 6.05. The molecule has 1 aromatic rings. The van der Waals surface area contributed by atoms with Crippen molar-refractivity contribution in [3.63, 3.8) is 0 Å². The lowest BCUT2D eigenvalue weighted by Crippen LogP contribution is -2.25. The first-order chi connectivity index (χ1) is 7.56. The molecule has 3 rings (SSSR count). The van der Waals surface area contributed by atoms with Crippen LogP contribution in [0.5, 0.6) is 0 Å². The highest BCUT2D eigenvalue weighted by Gasteiger charge is 2.39. The van der Waals surface area contributed by atoms with Crippen molar-refractivity contribution in [3.05, 3.63) is 28.3 Å². The van der Waals surface area contributed by atoms with E-state index in [1.807, 2.05) is 12.1 Å². The number of hydrogen-bond acceptors (Lipinski definition) is 2. The van der Waals surface area contributed by atoms with Crippen LogP contribution in [0.1, 0.15) is 24.0 Å². The maximum atomic E-state index is 11.4. The average Bonchev–Trinajstić information content (AvgIpc) is 2.76. The Morgan fingerprint density at radius 1 is 1.44 bits per heavy atom. The molecule has 0 radical (unpaired) electrons. The molecule has 1 amide bonds. The number of benzene rings is 1. The standard InChI is InChI=1S/C12H13ClN2O/c13-9-3-7-5-10(16)15-11(7)8(4-9)6-12(14)1-2-12/h3-4H,1-2,5-6,14H2,(H,15,16). The van der Waals surface area contributed by atoms with Crippen LogP contribution in [0.2, 0.25) is 5.02 Å². The maximum absolute atomic E-state index is 11.4. The highest BCUT2D eigenvalue weighted by atomic mass is 35.5. The summed E-state index contributed by atoms with van der Waals surface area (Å²) in [5.41, 5.74) is 9.05. The topological polar surface area (TPSA) is 55.1 Å². The zero-order valence-electron chi connectivity index (χ0n) is 8.85. The Hall–Kier alpha value is -1.06. The monoisotopic (exact) mass is 236 g/mol. The Labute approximate surface area is 99.0 Å². The molecule has 3 nitrogen and oxygen atoms in total. The van der Waals surface area contributed by atoms with Crippen LogP contribution < -0.4 is 11.1 Å². The van der Waals surface area contributed by atoms with Crippen LogP contribution in [0.25, 0.3) is 0 Å². The first-order valence-corrected chi connectivity index (χ1v) is 5.84. The van der Waals surface area contributed by atoms with Crippen LogP contribution in [0.15, 0.2) is 12.1 Å². The minimum Gasteiger partial charge on any atom is -0.325 e. The van der Waals surface area contributed by atoms with E-state index in [1.54, 1.807) is 0 Å². The zero-order chi connectivity index (χ0) is 11.3. The summed E-state index contributed by atoms with van der Waals surface area (Å²) in [7, 11) is 0. The molecule has 84 valence electrons. The van der Waals surface area contributed by atoms with Crippen LogP contribution in [0.3, 0.4) is 0 Å². The van der Waals surface area contributed by atoms with E-state index in [2.05, 4.69) is 5.32 Å². The SMILES string of the molecule is NC1(Cc2cc(Cl)cc3c2NC(=O)C3)CC1. The number of hydrogen-bond donors (Lipinski definition) is 2. The third-order valence-electron chi connectivity index (χ3n) is 3.32. The molecule has 0 atom stereocenters. The summed E-state index contributed by atoms with van der Waals surface area (Å²) in [6, 6.07) is 3.77. The van der Waals surface area contributed by atoms with Gasteiger partial charge in [-0.15, -0.1) is 0 Å². The lowest BCUT2D eigenvalue weighted by molar-refractivity contribution is -0.115. The molecule has 0 aromatic heterocycles. The van der Waals surface area contributed by atoms with Gasteiger partial charge in [-0.25, -0.2) is 0 Å². The number of carbonyl (C=O) groups is 1. The Balaban J connectivity index is 2.01. The molecule has 1 fully saturated rings. The average molecular weight is 237 g/mol. The largest absolute Gasteiger partial charge is 0.325 e. The molecule has 2 aliphatic rings. The zero-order valence-corrected chi connectivity index (χ0v) is 9.60. The molecule has 1 heterocycles. The van der Waals surface area contributed by atoms with E-state index >= 15 is 0 Å². The van der Waals surface area contributed by atoms with Gasteiger partial charge in [0.2, 0.25) is 5.91 Å². The third-order valence-corrected chi connectivity index (χ3v) is 3.53. The van der Waals surface area contributed by atoms with E-state index in [0.717, 1.165) is 36.1 Å². The smallest absolute Gasteiger partial charge is 0.228 e. The lowest BCUT2D eigenvalue weighted by atomic mass is 10.00. The molecule has 1 saturated carbocycles. The first-order valence-electron chi connectivity index (χ1n) is 5.46. The molecule has 0 saturated heterocycles. The van der Waals surface area contributed by atoms with E-state index in [0.29, 0.717) is 11.4 Å². The van der Waals surface area contributed by atoms with Crippen molar-refractivity contribution in [2.45, 2.75) is 31.2 Å². The number of fused-ring (bicyclic) bond motifs is 1. The van der Waals surface area contributed by atoms with Crippen molar-refractivity contribution < 1.29 is 4.79 Å². The van der Waals surface area contributed by atoms with Crippen molar-refractivity contribution in [1.29, 1.82) is 0 Å². The van der Waals surface area contributed by atoms with E-state index in [1.165, 1.54) is 0 Å². The highest BCUT2D eigenvalue weighted by molar-refractivity contribution is 6.31. The number of anilines is 1. The van der Waals surface area contributed by atoms with E-state index in [4.69, 9.17) is 17.3 Å². The Morgan fingerprint density at radius 2 is 2.19 bits per heavy atom. The number of nitrogens with one attached hydrogen (secondary N) is 1. The molecular weight excluding hydrogens is 224 g/mol. The van der Waals surface area contributed by atoms with Crippen molar-refractivity contribution in [2.75, 3.05) is 5.32 Å². The molecular formula is C12H13ClN2O. The summed E-state index contributed by atoms with van der Waals surface area (Å²) in [4.78, 5) is 11.4. The van der Waals surface area contributed by atoms with Crippen LogP contribution >= 0.6 is 11.6 Å². The van der Waals surface area contributed by atoms with Gasteiger partial charge in [-0.1, -0.05) is 11.6 Å². The van der Waals surface area contributed by atoms with Gasteiger partial charge in [0.25, 0.3) is 0 Å². The van der Waals surface area contributed by atoms with Gasteiger partial charge in [-0.05, 0) is 42.5 Å². The summed E-state index contributed by atoms with van der Waals surface area (Å²) in [5, 5.41) is 3.58. The Morgan fingerprint density at radius 3 is 2.88 bits per heavy atom. The predicted molar refractivity (Wildman–Crippen MR) is 63.6 cm³/mol. The fourth-order valence-corrected chi connectivity index (χ4v) is 2.50. The first kappa shape index (κ1) is 10.1. The highest BCUT2D eigenvalue weighted by Crippen LogP contribution is 2.40. The van der Waals surface area contributed by atoms with Crippen molar-refractivity contribution in [3.8, 4) is 0 Å². The van der Waals surface area contributed by atoms with Crippen molar-refractivity contribution in [2.24, 2.45) is 5.73 Å². The fraction of sp³-hybridized carbons (Fsp3) is 0.417. The van der Waals surface area contributed by atoms with E-state index in [9.17, 15) is 4.79 Å². The molecule has 1 aromatic carbocycles. The van der Waals surface area contributed by atoms with Gasteiger partial charge in [0.1, 0.15) is 0 Å². The second-order valence-corrected chi connectivity index (χ2v) is 5.30. The molecule has 1 aliphatic carbocycles. The van der Waals surface area contributed by atoms with Gasteiger partial charge in [0.15, 0.2) is 0 Å². The molecule has 3 N–H and O–H groups in total. The van der Waals surface area contributed by atoms with Crippen LogP contribution in [0.4, 0.5) is 5.69 Å². The third kappa shape index (κ3) is 1.70. The molecule has 1 aliphatic heterocycles. The van der Waals surface area contributed by atoms with Crippen LogP contribution in [-0.2, 0) is 17.6 Å². The number of amides is 1. The summed E-state index contributed by atoms with van der Waals surface area (Å²) < 4.78 is 0. The van der Waals surface area contributed by atoms with Gasteiger partial charge < -0.3 is 11.1 Å². The fourth-order valence-electron chi connectivity index (χ4n) is 2.24. The van der Waals surface area contributed by atoms with E-state index in [-0.39, 0.29) is 11.4 Å². The Kier molecular flexibility index (Phi) is 2.03. The summed E-state index contributed by atoms with van der Waals surface area (Å²) in [6.45, 7) is 0. The molecule has 0 bridgehead atoms. The quantitative estimate of drug-likeness (QED) is 0.824. The number of nitrogens with two attached hydrogens (primary N) is 1. The second-order valence-electron chi connectivity index (χ2n) is 4.86. The summed E-state index contributed by atoms with van der Waals surface area (Å²) in [6.07, 6.45) is 3.35. The van der Waals surface area contributed by atoms with Gasteiger partial charge in [-0.3, -0.25) is 4.79 Å². The van der Waals surface area contributed by atoms with Gasteiger partial charge in [0, 0.05) is 16.2 Å². The number of carbonyl (C=O) groups excluding carboxylic acids is 1. The lowest BCUT2D eigenvalue weighted by Gasteiger charge is -2.13. The van der Waals surface area contributed by atoms with Crippen LogP contribution in [-0.4, -0.2) is 11.4 Å². The minimum atomic E-state index is -0.0637. The normalized spacial score (nSPS) is 20.5. The van der Waals surface area contributed by atoms with Crippen molar-refractivity contribution >= 4 is 23.2 Å². The van der Waals surface area contributed by atoms with Gasteiger partial charge in [0.05, 0.1) is 6.42 Å². The summed E-state index contributed by atoms with van der Waals surface area (Å²) in [5.74, 6) is 0.0420. The van der Waals surface area contributed by atoms with Gasteiger partial charge >= 0.3 is 0 Å². The molecule has 0 unspecified atom stereocenters. The predicted octanol–water partition coefficient (Wildman–Crippen LogP) is 1.87. The molecule has 4 heteroatoms. The second kappa shape index (κ2) is 3.22. The molecule has 16 heavy (non-hydrogen) atoms. The molecule has 0 spiro atoms. The maximum Gasteiger partial charge on any atom is 0.228 e. The van der Waals surface area contributed by atoms with E-state index < -0.39 is 0 Å². The van der Waals surface area contributed by atoms with Crippen LogP contribution in [0, 0.1) is 0 Å². The number of rotatable bonds is 2.